The lowest BCUT2D eigenvalue weighted by Crippen LogP contribution is -2.19. The van der Waals surface area contributed by atoms with Gasteiger partial charge in [0.05, 0.1) is 11.3 Å². The number of benzene rings is 2. The quantitative estimate of drug-likeness (QED) is 0.869. The standard InChI is InChI=1S/C16H15ClFNO2/c1-10(8-11-2-5-13(17)6-3-11)19-15-9-12(16(20)21)4-7-14(15)18/h2-7,9-10,19H,8H2,1H3,(H,20,21). The van der Waals surface area contributed by atoms with Crippen molar-refractivity contribution < 1.29 is 14.3 Å². The van der Waals surface area contributed by atoms with E-state index < -0.39 is 11.8 Å². The van der Waals surface area contributed by atoms with Crippen LogP contribution in [0.25, 0.3) is 0 Å². The van der Waals surface area contributed by atoms with Crippen molar-refractivity contribution in [2.75, 3.05) is 5.32 Å². The Bertz CT molecular complexity index is 643. The van der Waals surface area contributed by atoms with Gasteiger partial charge in [0.15, 0.2) is 0 Å². The van der Waals surface area contributed by atoms with Gasteiger partial charge in [-0.15, -0.1) is 0 Å². The topological polar surface area (TPSA) is 49.3 Å². The fourth-order valence-corrected chi connectivity index (χ4v) is 2.19. The lowest BCUT2D eigenvalue weighted by Gasteiger charge is -2.16. The second kappa shape index (κ2) is 6.59. The number of halogens is 2. The number of rotatable bonds is 5. The van der Waals surface area contributed by atoms with Gasteiger partial charge in [0.2, 0.25) is 0 Å². The van der Waals surface area contributed by atoms with E-state index >= 15 is 0 Å². The molecule has 0 fully saturated rings. The van der Waals surface area contributed by atoms with E-state index in [1.54, 1.807) is 12.1 Å². The molecule has 0 saturated heterocycles. The molecule has 0 radical (unpaired) electrons. The van der Waals surface area contributed by atoms with Crippen molar-refractivity contribution in [1.82, 2.24) is 0 Å². The molecule has 0 bridgehead atoms. The maximum absolute atomic E-state index is 13.7. The van der Waals surface area contributed by atoms with Crippen LogP contribution in [0.4, 0.5) is 10.1 Å². The van der Waals surface area contributed by atoms with Crippen LogP contribution in [0.3, 0.4) is 0 Å². The second-order valence-corrected chi connectivity index (χ2v) is 5.31. The van der Waals surface area contributed by atoms with Gasteiger partial charge in [0, 0.05) is 11.1 Å². The van der Waals surface area contributed by atoms with Crippen LogP contribution in [0.1, 0.15) is 22.8 Å². The van der Waals surface area contributed by atoms with Gasteiger partial charge in [-0.05, 0) is 49.2 Å². The summed E-state index contributed by atoms with van der Waals surface area (Å²) in [5, 5.41) is 12.6. The minimum absolute atomic E-state index is 0.0512. The molecule has 0 amide bonds. The van der Waals surface area contributed by atoms with Gasteiger partial charge in [-0.2, -0.15) is 0 Å². The van der Waals surface area contributed by atoms with E-state index in [-0.39, 0.29) is 17.3 Å². The predicted molar refractivity (Wildman–Crippen MR) is 81.6 cm³/mol. The molecule has 2 N–H and O–H groups in total. The summed E-state index contributed by atoms with van der Waals surface area (Å²) in [5.41, 5.74) is 1.31. The van der Waals surface area contributed by atoms with Gasteiger partial charge in [-0.25, -0.2) is 9.18 Å². The zero-order valence-electron chi connectivity index (χ0n) is 11.4. The molecule has 3 nitrogen and oxygen atoms in total. The summed E-state index contributed by atoms with van der Waals surface area (Å²) in [6.45, 7) is 1.90. The van der Waals surface area contributed by atoms with E-state index in [1.807, 2.05) is 19.1 Å². The Morgan fingerprint density at radius 1 is 1.29 bits per heavy atom. The molecular formula is C16H15ClFNO2. The zero-order valence-corrected chi connectivity index (χ0v) is 12.2. The summed E-state index contributed by atoms with van der Waals surface area (Å²) in [4.78, 5) is 10.9. The van der Waals surface area contributed by atoms with Crippen molar-refractivity contribution in [2.45, 2.75) is 19.4 Å². The first-order valence-corrected chi connectivity index (χ1v) is 6.87. The van der Waals surface area contributed by atoms with Crippen LogP contribution in [-0.2, 0) is 6.42 Å². The molecule has 0 aliphatic carbocycles. The molecule has 21 heavy (non-hydrogen) atoms. The fourth-order valence-electron chi connectivity index (χ4n) is 2.06. The Labute approximate surface area is 127 Å². The van der Waals surface area contributed by atoms with Crippen LogP contribution in [0.5, 0.6) is 0 Å². The van der Waals surface area contributed by atoms with Crippen LogP contribution >= 0.6 is 11.6 Å². The van der Waals surface area contributed by atoms with E-state index in [2.05, 4.69) is 5.32 Å². The number of anilines is 1. The van der Waals surface area contributed by atoms with Crippen molar-refractivity contribution in [2.24, 2.45) is 0 Å². The van der Waals surface area contributed by atoms with Crippen LogP contribution in [0.2, 0.25) is 5.02 Å². The second-order valence-electron chi connectivity index (χ2n) is 4.88. The van der Waals surface area contributed by atoms with Crippen molar-refractivity contribution in [1.29, 1.82) is 0 Å². The highest BCUT2D eigenvalue weighted by molar-refractivity contribution is 6.30. The Morgan fingerprint density at radius 3 is 2.57 bits per heavy atom. The van der Waals surface area contributed by atoms with Crippen LogP contribution in [-0.4, -0.2) is 17.1 Å². The average Bonchev–Trinajstić information content (AvgIpc) is 2.43. The van der Waals surface area contributed by atoms with Gasteiger partial charge in [0.25, 0.3) is 0 Å². The van der Waals surface area contributed by atoms with E-state index in [0.29, 0.717) is 11.4 Å². The predicted octanol–water partition coefficient (Wildman–Crippen LogP) is 4.22. The first kappa shape index (κ1) is 15.3. The minimum Gasteiger partial charge on any atom is -0.478 e. The third kappa shape index (κ3) is 4.20. The van der Waals surface area contributed by atoms with Gasteiger partial charge < -0.3 is 10.4 Å². The highest BCUT2D eigenvalue weighted by Gasteiger charge is 2.11. The SMILES string of the molecule is CC(Cc1ccc(Cl)cc1)Nc1cc(C(=O)O)ccc1F. The molecule has 0 heterocycles. The summed E-state index contributed by atoms with van der Waals surface area (Å²) in [7, 11) is 0. The molecule has 0 aliphatic rings. The number of aromatic carboxylic acids is 1. The maximum atomic E-state index is 13.7. The summed E-state index contributed by atoms with van der Waals surface area (Å²) < 4.78 is 13.7. The molecule has 0 aliphatic heterocycles. The number of nitrogens with one attached hydrogen (secondary N) is 1. The maximum Gasteiger partial charge on any atom is 0.335 e. The van der Waals surface area contributed by atoms with E-state index in [4.69, 9.17) is 16.7 Å². The van der Waals surface area contributed by atoms with Gasteiger partial charge in [-0.1, -0.05) is 23.7 Å². The molecule has 2 aromatic rings. The molecule has 1 atom stereocenters. The zero-order chi connectivity index (χ0) is 15.4. The Morgan fingerprint density at radius 2 is 1.95 bits per heavy atom. The molecule has 5 heteroatoms. The Kier molecular flexibility index (Phi) is 4.81. The molecule has 0 aromatic heterocycles. The smallest absolute Gasteiger partial charge is 0.335 e. The van der Waals surface area contributed by atoms with E-state index in [1.165, 1.54) is 12.1 Å². The minimum atomic E-state index is -1.08. The molecule has 1 unspecified atom stereocenters. The molecular weight excluding hydrogens is 293 g/mol. The lowest BCUT2D eigenvalue weighted by atomic mass is 10.1. The van der Waals surface area contributed by atoms with Gasteiger partial charge in [0.1, 0.15) is 5.82 Å². The molecule has 0 saturated carbocycles. The monoisotopic (exact) mass is 307 g/mol. The van der Waals surface area contributed by atoms with Gasteiger partial charge in [-0.3, -0.25) is 0 Å². The van der Waals surface area contributed by atoms with Gasteiger partial charge >= 0.3 is 5.97 Å². The number of carboxylic acids is 1. The lowest BCUT2D eigenvalue weighted by molar-refractivity contribution is 0.0697. The summed E-state index contributed by atoms with van der Waals surface area (Å²) >= 11 is 5.83. The molecule has 2 rings (SSSR count). The first-order valence-electron chi connectivity index (χ1n) is 6.49. The van der Waals surface area contributed by atoms with Crippen LogP contribution < -0.4 is 5.32 Å². The summed E-state index contributed by atoms with van der Waals surface area (Å²) in [5.74, 6) is -1.55. The number of carbonyl (C=O) groups is 1. The third-order valence-corrected chi connectivity index (χ3v) is 3.32. The number of hydrogen-bond acceptors (Lipinski definition) is 2. The highest BCUT2D eigenvalue weighted by Crippen LogP contribution is 2.19. The third-order valence-electron chi connectivity index (χ3n) is 3.07. The average molecular weight is 308 g/mol. The summed E-state index contributed by atoms with van der Waals surface area (Å²) in [6.07, 6.45) is 0.675. The van der Waals surface area contributed by atoms with Crippen molar-refractivity contribution >= 4 is 23.3 Å². The summed E-state index contributed by atoms with van der Waals surface area (Å²) in [6, 6.07) is 11.1. The van der Waals surface area contributed by atoms with Crippen molar-refractivity contribution in [3.63, 3.8) is 0 Å². The first-order chi connectivity index (χ1) is 9.95. The fraction of sp³-hybridized carbons (Fsp3) is 0.188. The Balaban J connectivity index is 2.08. The van der Waals surface area contributed by atoms with Crippen molar-refractivity contribution in [3.8, 4) is 0 Å². The normalized spacial score (nSPS) is 12.0. The van der Waals surface area contributed by atoms with Crippen molar-refractivity contribution in [3.05, 3.63) is 64.4 Å². The molecule has 2 aromatic carbocycles. The van der Waals surface area contributed by atoms with Crippen LogP contribution in [0, 0.1) is 5.82 Å². The Hall–Kier alpha value is -2.07. The van der Waals surface area contributed by atoms with E-state index in [0.717, 1.165) is 11.6 Å². The molecule has 0 spiro atoms. The largest absolute Gasteiger partial charge is 0.478 e. The van der Waals surface area contributed by atoms with Crippen LogP contribution in [0.15, 0.2) is 42.5 Å². The number of hydrogen-bond donors (Lipinski definition) is 2. The molecule has 110 valence electrons. The van der Waals surface area contributed by atoms with E-state index in [9.17, 15) is 9.18 Å². The number of carboxylic acid groups (broad SMARTS) is 1. The highest BCUT2D eigenvalue weighted by atomic mass is 35.5.